The van der Waals surface area contributed by atoms with Gasteiger partial charge in [-0.15, -0.1) is 23.2 Å². The summed E-state index contributed by atoms with van der Waals surface area (Å²) >= 11 is 11.3. The summed E-state index contributed by atoms with van der Waals surface area (Å²) in [5.74, 6) is 0. The molecule has 1 heterocycles. The zero-order chi connectivity index (χ0) is 7.56. The van der Waals surface area contributed by atoms with E-state index in [9.17, 15) is 0 Å². The highest BCUT2D eigenvalue weighted by Gasteiger charge is 2.04. The van der Waals surface area contributed by atoms with Crippen LogP contribution in [0.2, 0.25) is 0 Å². The number of pyridine rings is 1. The molecule has 0 aliphatic carbocycles. The minimum atomic E-state index is -0.442. The minimum absolute atomic E-state index is 0.442. The highest BCUT2D eigenvalue weighted by Crippen LogP contribution is 2.26. The molecule has 0 radical (unpaired) electrons. The van der Waals surface area contributed by atoms with Crippen molar-refractivity contribution in [3.63, 3.8) is 0 Å². The number of aryl methyl sites for hydroxylation is 1. The van der Waals surface area contributed by atoms with Crippen LogP contribution in [0, 0.1) is 6.92 Å². The molecule has 0 aliphatic rings. The minimum Gasteiger partial charge on any atom is -0.264 e. The second-order valence-electron chi connectivity index (χ2n) is 2.03. The molecule has 0 bridgehead atoms. The Hall–Kier alpha value is -0.270. The Morgan fingerprint density at radius 2 is 2.20 bits per heavy atom. The molecule has 10 heavy (non-hydrogen) atoms. The van der Waals surface area contributed by atoms with Crippen LogP contribution in [0.15, 0.2) is 18.5 Å². The Morgan fingerprint density at radius 3 is 2.60 bits per heavy atom. The van der Waals surface area contributed by atoms with Crippen molar-refractivity contribution in [3.8, 4) is 0 Å². The van der Waals surface area contributed by atoms with Gasteiger partial charge in [-0.3, -0.25) is 4.98 Å². The lowest BCUT2D eigenvalue weighted by Crippen LogP contribution is -1.87. The molecule has 1 nitrogen and oxygen atoms in total. The average molecular weight is 176 g/mol. The van der Waals surface area contributed by atoms with E-state index in [2.05, 4.69) is 4.98 Å². The van der Waals surface area contributed by atoms with Gasteiger partial charge in [0, 0.05) is 12.4 Å². The molecular weight excluding hydrogens is 169 g/mol. The molecule has 1 aromatic rings. The van der Waals surface area contributed by atoms with E-state index in [0.29, 0.717) is 0 Å². The topological polar surface area (TPSA) is 12.9 Å². The van der Waals surface area contributed by atoms with Crippen molar-refractivity contribution >= 4 is 23.2 Å². The summed E-state index contributed by atoms with van der Waals surface area (Å²) in [4.78, 5) is 3.47. The van der Waals surface area contributed by atoms with Gasteiger partial charge in [0.25, 0.3) is 0 Å². The van der Waals surface area contributed by atoms with Crippen molar-refractivity contribution in [1.82, 2.24) is 4.98 Å². The van der Waals surface area contributed by atoms with Crippen LogP contribution < -0.4 is 0 Å². The Labute approximate surface area is 70.0 Å². The summed E-state index contributed by atoms with van der Waals surface area (Å²) in [6, 6.07) is 1.82. The lowest BCUT2D eigenvalue weighted by atomic mass is 10.2. The van der Waals surface area contributed by atoms with E-state index in [-0.39, 0.29) is 0 Å². The summed E-state index contributed by atoms with van der Waals surface area (Å²) < 4.78 is 0. The predicted molar refractivity (Wildman–Crippen MR) is 43.4 cm³/mol. The van der Waals surface area contributed by atoms with E-state index >= 15 is 0 Å². The van der Waals surface area contributed by atoms with Gasteiger partial charge in [0.2, 0.25) is 0 Å². The van der Waals surface area contributed by atoms with Gasteiger partial charge in [-0.1, -0.05) is 0 Å². The fourth-order valence-electron chi connectivity index (χ4n) is 0.729. The maximum absolute atomic E-state index is 5.65. The van der Waals surface area contributed by atoms with Crippen molar-refractivity contribution in [3.05, 3.63) is 29.6 Å². The van der Waals surface area contributed by atoms with Crippen LogP contribution in [0.1, 0.15) is 16.0 Å². The summed E-state index contributed by atoms with van der Waals surface area (Å²) in [6.07, 6.45) is 3.42. The van der Waals surface area contributed by atoms with E-state index in [0.717, 1.165) is 11.1 Å². The first kappa shape index (κ1) is 7.83. The Kier molecular flexibility index (Phi) is 2.52. The third-order valence-electron chi connectivity index (χ3n) is 1.30. The number of nitrogens with zero attached hydrogens (tertiary/aromatic N) is 1. The van der Waals surface area contributed by atoms with Gasteiger partial charge < -0.3 is 0 Å². The number of alkyl halides is 2. The van der Waals surface area contributed by atoms with E-state index in [4.69, 9.17) is 23.2 Å². The molecule has 0 unspecified atom stereocenters. The second kappa shape index (κ2) is 3.22. The fourth-order valence-corrected chi connectivity index (χ4v) is 1.22. The Balaban J connectivity index is 3.03. The zero-order valence-corrected chi connectivity index (χ0v) is 7.02. The average Bonchev–Trinajstić information content (AvgIpc) is 1.88. The molecule has 0 saturated carbocycles. The van der Waals surface area contributed by atoms with Gasteiger partial charge in [-0.05, 0) is 24.1 Å². The molecule has 54 valence electrons. The first-order chi connectivity index (χ1) is 4.72. The van der Waals surface area contributed by atoms with Crippen LogP contribution in [0.4, 0.5) is 0 Å². The third-order valence-corrected chi connectivity index (χ3v) is 1.77. The fraction of sp³-hybridized carbons (Fsp3) is 0.286. The van der Waals surface area contributed by atoms with Crippen molar-refractivity contribution < 1.29 is 0 Å². The van der Waals surface area contributed by atoms with Crippen LogP contribution in [-0.2, 0) is 0 Å². The normalized spacial score (nSPS) is 10.4. The first-order valence-electron chi connectivity index (χ1n) is 2.90. The lowest BCUT2D eigenvalue weighted by molar-refractivity contribution is 1.18. The largest absolute Gasteiger partial charge is 0.264 e. The molecule has 0 N–H and O–H groups in total. The van der Waals surface area contributed by atoms with E-state index in [1.807, 2.05) is 13.0 Å². The highest BCUT2D eigenvalue weighted by atomic mass is 35.5. The number of hydrogen-bond acceptors (Lipinski definition) is 1. The molecule has 1 aromatic heterocycles. The van der Waals surface area contributed by atoms with Crippen LogP contribution >= 0.6 is 23.2 Å². The molecule has 1 rings (SSSR count). The highest BCUT2D eigenvalue weighted by molar-refractivity contribution is 6.44. The van der Waals surface area contributed by atoms with E-state index in [1.54, 1.807) is 12.4 Å². The molecule has 0 aromatic carbocycles. The molecule has 0 saturated heterocycles. The van der Waals surface area contributed by atoms with Crippen molar-refractivity contribution in [2.45, 2.75) is 11.8 Å². The lowest BCUT2D eigenvalue weighted by Gasteiger charge is -2.02. The number of rotatable bonds is 1. The van der Waals surface area contributed by atoms with Crippen LogP contribution in [0.25, 0.3) is 0 Å². The molecule has 0 spiro atoms. The van der Waals surface area contributed by atoms with Crippen LogP contribution in [0.3, 0.4) is 0 Å². The molecule has 0 fully saturated rings. The maximum atomic E-state index is 5.65. The molecule has 0 aliphatic heterocycles. The SMILES string of the molecule is Cc1cnccc1C(Cl)Cl. The smallest absolute Gasteiger partial charge is 0.133 e. The van der Waals surface area contributed by atoms with Crippen molar-refractivity contribution in [2.24, 2.45) is 0 Å². The van der Waals surface area contributed by atoms with Gasteiger partial charge in [0.1, 0.15) is 4.84 Å². The van der Waals surface area contributed by atoms with E-state index < -0.39 is 4.84 Å². The monoisotopic (exact) mass is 175 g/mol. The van der Waals surface area contributed by atoms with Crippen LogP contribution in [-0.4, -0.2) is 4.98 Å². The second-order valence-corrected chi connectivity index (χ2v) is 3.13. The van der Waals surface area contributed by atoms with Gasteiger partial charge >= 0.3 is 0 Å². The standard InChI is InChI=1S/C7H7Cl2N/c1-5-4-10-3-2-6(5)7(8)9/h2-4,7H,1H3. The number of hydrogen-bond donors (Lipinski definition) is 0. The van der Waals surface area contributed by atoms with Crippen LogP contribution in [0.5, 0.6) is 0 Å². The Bertz CT molecular complexity index is 223. The van der Waals surface area contributed by atoms with Crippen molar-refractivity contribution in [1.29, 1.82) is 0 Å². The molecule has 0 amide bonds. The quantitative estimate of drug-likeness (QED) is 0.599. The van der Waals surface area contributed by atoms with E-state index in [1.165, 1.54) is 0 Å². The number of halogens is 2. The first-order valence-corrected chi connectivity index (χ1v) is 3.78. The summed E-state index contributed by atoms with van der Waals surface area (Å²) in [5.41, 5.74) is 1.95. The third kappa shape index (κ3) is 1.61. The summed E-state index contributed by atoms with van der Waals surface area (Å²) in [5, 5.41) is 0. The molecular formula is C7H7Cl2N. The van der Waals surface area contributed by atoms with Gasteiger partial charge in [0.15, 0.2) is 0 Å². The Morgan fingerprint density at radius 1 is 1.50 bits per heavy atom. The van der Waals surface area contributed by atoms with Gasteiger partial charge in [0.05, 0.1) is 0 Å². The molecule has 3 heteroatoms. The molecule has 0 atom stereocenters. The van der Waals surface area contributed by atoms with Gasteiger partial charge in [-0.2, -0.15) is 0 Å². The zero-order valence-electron chi connectivity index (χ0n) is 5.51. The predicted octanol–water partition coefficient (Wildman–Crippen LogP) is 2.87. The summed E-state index contributed by atoms with van der Waals surface area (Å²) in [7, 11) is 0. The number of aromatic nitrogens is 1. The van der Waals surface area contributed by atoms with Gasteiger partial charge in [-0.25, -0.2) is 0 Å². The van der Waals surface area contributed by atoms with Crippen molar-refractivity contribution in [2.75, 3.05) is 0 Å². The maximum Gasteiger partial charge on any atom is 0.133 e. The summed E-state index contributed by atoms with van der Waals surface area (Å²) in [6.45, 7) is 1.93.